The van der Waals surface area contributed by atoms with Crippen LogP contribution in [0.5, 0.6) is 11.5 Å². The summed E-state index contributed by atoms with van der Waals surface area (Å²) in [6.07, 6.45) is 0. The van der Waals surface area contributed by atoms with Crippen molar-refractivity contribution in [3.8, 4) is 11.5 Å². The number of carbonyl (C=O) groups is 1. The number of hydrogen-bond acceptors (Lipinski definition) is 3. The molecule has 28 heavy (non-hydrogen) atoms. The van der Waals surface area contributed by atoms with Crippen LogP contribution in [0.3, 0.4) is 0 Å². The number of anilines is 1. The minimum absolute atomic E-state index is 0.0202. The Morgan fingerprint density at radius 3 is 2.32 bits per heavy atom. The summed E-state index contributed by atoms with van der Waals surface area (Å²) in [6.45, 7) is 9.48. The van der Waals surface area contributed by atoms with Gasteiger partial charge >= 0.3 is 0 Å². The van der Waals surface area contributed by atoms with Crippen molar-refractivity contribution in [2.24, 2.45) is 0 Å². The van der Waals surface area contributed by atoms with Gasteiger partial charge in [0.25, 0.3) is 5.91 Å². The number of benzene rings is 2. The topological polar surface area (TPSA) is 52.0 Å². The van der Waals surface area contributed by atoms with Crippen LogP contribution in [0.1, 0.15) is 42.0 Å². The Bertz CT molecular complexity index is 831. The molecule has 2 aromatic rings. The Kier molecular flexibility index (Phi) is 7.46. The Morgan fingerprint density at radius 1 is 1.07 bits per heavy atom. The van der Waals surface area contributed by atoms with E-state index in [0.29, 0.717) is 18.2 Å². The molecule has 0 aromatic heterocycles. The molecule has 0 spiro atoms. The SMILES string of the molecule is COc1cc(C)c(C[NH+](C)CC(=O)Nc2c(C)cccc2C(C)C)cc1OC. The molecule has 0 heterocycles. The number of carbonyl (C=O) groups excluding carboxylic acids is 1. The number of amides is 1. The third-order valence-electron chi connectivity index (χ3n) is 4.99. The molecule has 1 amide bonds. The molecule has 1 unspecified atom stereocenters. The van der Waals surface area contributed by atoms with E-state index < -0.39 is 0 Å². The van der Waals surface area contributed by atoms with E-state index in [9.17, 15) is 4.79 Å². The van der Waals surface area contributed by atoms with E-state index in [0.717, 1.165) is 39.6 Å². The highest BCUT2D eigenvalue weighted by molar-refractivity contribution is 5.93. The van der Waals surface area contributed by atoms with Crippen molar-refractivity contribution >= 4 is 11.6 Å². The molecule has 0 aliphatic carbocycles. The molecule has 1 atom stereocenters. The maximum Gasteiger partial charge on any atom is 0.279 e. The standard InChI is InChI=1S/C23H32N2O3/c1-15(2)19-10-8-9-16(3)23(19)24-22(26)14-25(5)13-18-12-21(28-7)20(27-6)11-17(18)4/h8-12,15H,13-14H2,1-7H3,(H,24,26)/p+1. The molecule has 0 bridgehead atoms. The Hall–Kier alpha value is -2.53. The van der Waals surface area contributed by atoms with Gasteiger partial charge in [-0.2, -0.15) is 0 Å². The summed E-state index contributed by atoms with van der Waals surface area (Å²) in [5.74, 6) is 1.81. The molecule has 0 fully saturated rings. The first kappa shape index (κ1) is 21.8. The van der Waals surface area contributed by atoms with E-state index >= 15 is 0 Å². The molecule has 0 saturated carbocycles. The zero-order valence-electron chi connectivity index (χ0n) is 18.1. The van der Waals surface area contributed by atoms with E-state index in [4.69, 9.17) is 9.47 Å². The van der Waals surface area contributed by atoms with E-state index in [2.05, 4.69) is 25.2 Å². The number of hydrogen-bond donors (Lipinski definition) is 2. The number of ether oxygens (including phenoxy) is 2. The second-order valence-corrected chi connectivity index (χ2v) is 7.69. The molecule has 152 valence electrons. The van der Waals surface area contributed by atoms with Gasteiger partial charge in [-0.15, -0.1) is 0 Å². The summed E-state index contributed by atoms with van der Waals surface area (Å²) in [4.78, 5) is 13.8. The summed E-state index contributed by atoms with van der Waals surface area (Å²) in [7, 11) is 5.29. The lowest BCUT2D eigenvalue weighted by molar-refractivity contribution is -0.885. The van der Waals surface area contributed by atoms with Gasteiger partial charge in [0, 0.05) is 11.3 Å². The molecule has 5 nitrogen and oxygen atoms in total. The van der Waals surface area contributed by atoms with Crippen molar-refractivity contribution in [1.29, 1.82) is 0 Å². The minimum Gasteiger partial charge on any atom is -0.493 e. The lowest BCUT2D eigenvalue weighted by atomic mass is 9.98. The fraction of sp³-hybridized carbons (Fsp3) is 0.435. The molecule has 0 radical (unpaired) electrons. The highest BCUT2D eigenvalue weighted by atomic mass is 16.5. The van der Waals surface area contributed by atoms with Gasteiger partial charge in [-0.05, 0) is 48.6 Å². The van der Waals surface area contributed by atoms with Crippen LogP contribution in [0.15, 0.2) is 30.3 Å². The number of likely N-dealkylation sites (N-methyl/N-ethyl adjacent to an activating group) is 1. The average Bonchev–Trinajstić information content (AvgIpc) is 2.64. The number of methoxy groups -OCH3 is 2. The predicted molar refractivity (Wildman–Crippen MR) is 114 cm³/mol. The molecule has 5 heteroatoms. The van der Waals surface area contributed by atoms with Gasteiger partial charge in [-0.25, -0.2) is 0 Å². The van der Waals surface area contributed by atoms with Gasteiger partial charge in [0.05, 0.1) is 21.3 Å². The van der Waals surface area contributed by atoms with Crippen molar-refractivity contribution in [3.05, 3.63) is 52.6 Å². The highest BCUT2D eigenvalue weighted by Crippen LogP contribution is 2.30. The van der Waals surface area contributed by atoms with Crippen LogP contribution in [-0.4, -0.2) is 33.7 Å². The monoisotopic (exact) mass is 385 g/mol. The highest BCUT2D eigenvalue weighted by Gasteiger charge is 2.17. The van der Waals surface area contributed by atoms with Gasteiger partial charge in [0.2, 0.25) is 0 Å². The first-order valence-electron chi connectivity index (χ1n) is 9.69. The smallest absolute Gasteiger partial charge is 0.279 e. The van der Waals surface area contributed by atoms with Gasteiger partial charge in [-0.3, -0.25) is 4.79 Å². The number of para-hydroxylation sites is 1. The van der Waals surface area contributed by atoms with E-state index in [1.165, 1.54) is 5.56 Å². The Labute approximate surface area is 168 Å². The zero-order chi connectivity index (χ0) is 20.8. The molecular formula is C23H33N2O3+. The average molecular weight is 386 g/mol. The van der Waals surface area contributed by atoms with E-state index in [1.54, 1.807) is 14.2 Å². The van der Waals surface area contributed by atoms with Crippen LogP contribution in [-0.2, 0) is 11.3 Å². The Balaban J connectivity index is 2.08. The molecule has 2 aromatic carbocycles. The molecule has 0 saturated heterocycles. The predicted octanol–water partition coefficient (Wildman–Crippen LogP) is 3.10. The third kappa shape index (κ3) is 5.26. The molecule has 2 N–H and O–H groups in total. The first-order chi connectivity index (χ1) is 13.3. The van der Waals surface area contributed by atoms with Crippen LogP contribution in [0.2, 0.25) is 0 Å². The largest absolute Gasteiger partial charge is 0.493 e. The summed E-state index contributed by atoms with van der Waals surface area (Å²) in [5.41, 5.74) is 5.47. The van der Waals surface area contributed by atoms with Gasteiger partial charge in [0.1, 0.15) is 6.54 Å². The fourth-order valence-corrected chi connectivity index (χ4v) is 3.40. The van der Waals surface area contributed by atoms with Crippen molar-refractivity contribution in [3.63, 3.8) is 0 Å². The fourth-order valence-electron chi connectivity index (χ4n) is 3.40. The van der Waals surface area contributed by atoms with Crippen molar-refractivity contribution in [2.45, 2.75) is 40.2 Å². The normalized spacial score (nSPS) is 12.0. The molecule has 0 aliphatic heterocycles. The van der Waals surface area contributed by atoms with Crippen LogP contribution in [0, 0.1) is 13.8 Å². The lowest BCUT2D eigenvalue weighted by Gasteiger charge is -2.19. The second-order valence-electron chi connectivity index (χ2n) is 7.69. The quantitative estimate of drug-likeness (QED) is 0.734. The lowest BCUT2D eigenvalue weighted by Crippen LogP contribution is -3.08. The van der Waals surface area contributed by atoms with Crippen LogP contribution >= 0.6 is 0 Å². The summed E-state index contributed by atoms with van der Waals surface area (Å²) >= 11 is 0. The van der Waals surface area contributed by atoms with Crippen LogP contribution in [0.4, 0.5) is 5.69 Å². The molecular weight excluding hydrogens is 352 g/mol. The summed E-state index contributed by atoms with van der Waals surface area (Å²) < 4.78 is 10.8. The van der Waals surface area contributed by atoms with Gasteiger partial charge < -0.3 is 19.7 Å². The van der Waals surface area contributed by atoms with Gasteiger partial charge in [0.15, 0.2) is 18.0 Å². The maximum atomic E-state index is 12.7. The van der Waals surface area contributed by atoms with Crippen LogP contribution < -0.4 is 19.7 Å². The van der Waals surface area contributed by atoms with E-state index in [-0.39, 0.29) is 5.91 Å². The number of rotatable bonds is 8. The third-order valence-corrected chi connectivity index (χ3v) is 4.99. The van der Waals surface area contributed by atoms with Crippen molar-refractivity contribution in [2.75, 3.05) is 33.1 Å². The minimum atomic E-state index is 0.0202. The van der Waals surface area contributed by atoms with Crippen molar-refractivity contribution < 1.29 is 19.2 Å². The van der Waals surface area contributed by atoms with Crippen molar-refractivity contribution in [1.82, 2.24) is 0 Å². The summed E-state index contributed by atoms with van der Waals surface area (Å²) in [5, 5.41) is 3.13. The molecule has 0 aliphatic rings. The zero-order valence-corrected chi connectivity index (χ0v) is 18.1. The van der Waals surface area contributed by atoms with E-state index in [1.807, 2.05) is 45.2 Å². The number of quaternary nitrogens is 1. The van der Waals surface area contributed by atoms with Crippen LogP contribution in [0.25, 0.3) is 0 Å². The molecule has 2 rings (SSSR count). The van der Waals surface area contributed by atoms with Gasteiger partial charge in [-0.1, -0.05) is 32.0 Å². The number of aryl methyl sites for hydroxylation is 2. The summed E-state index contributed by atoms with van der Waals surface area (Å²) in [6, 6.07) is 10.1. The number of nitrogens with one attached hydrogen (secondary N) is 2. The maximum absolute atomic E-state index is 12.7. The Morgan fingerprint density at radius 2 is 1.71 bits per heavy atom. The second kappa shape index (κ2) is 9.60. The first-order valence-corrected chi connectivity index (χ1v) is 9.69.